The minimum Gasteiger partial charge on any atom is -0.431 e. The molecule has 0 aliphatic rings. The number of nitrogens with zero attached hydrogens (tertiary/aromatic N) is 1. The number of oxazole rings is 1. The Hall–Kier alpha value is -1.78. The fourth-order valence-corrected chi connectivity index (χ4v) is 3.00. The first-order chi connectivity index (χ1) is 9.72. The van der Waals surface area contributed by atoms with E-state index in [1.165, 1.54) is 5.56 Å². The van der Waals surface area contributed by atoms with Gasteiger partial charge in [-0.1, -0.05) is 30.3 Å². The lowest BCUT2D eigenvalue weighted by atomic mass is 10.1. The smallest absolute Gasteiger partial charge is 0.261 e. The van der Waals surface area contributed by atoms with E-state index in [0.29, 0.717) is 5.22 Å². The van der Waals surface area contributed by atoms with Gasteiger partial charge in [0.05, 0.1) is 0 Å². The average Bonchev–Trinajstić information content (AvgIpc) is 2.82. The van der Waals surface area contributed by atoms with Gasteiger partial charge >= 0.3 is 0 Å². The Morgan fingerprint density at radius 2 is 1.90 bits per heavy atom. The van der Waals surface area contributed by atoms with Crippen molar-refractivity contribution in [1.82, 2.24) is 4.98 Å². The Morgan fingerprint density at radius 3 is 2.70 bits per heavy atom. The SMILES string of the molecule is CC(N)Cc1ccccc1Sc1nc2ccccc2o1. The molecule has 0 saturated heterocycles. The number of para-hydroxylation sites is 2. The van der Waals surface area contributed by atoms with Crippen molar-refractivity contribution in [3.8, 4) is 0 Å². The summed E-state index contributed by atoms with van der Waals surface area (Å²) in [5.74, 6) is 0. The monoisotopic (exact) mass is 284 g/mol. The maximum Gasteiger partial charge on any atom is 0.261 e. The number of nitrogens with two attached hydrogens (primary N) is 1. The molecule has 2 N–H and O–H groups in total. The van der Waals surface area contributed by atoms with E-state index in [1.54, 1.807) is 11.8 Å². The van der Waals surface area contributed by atoms with Gasteiger partial charge in [-0.15, -0.1) is 0 Å². The Labute approximate surface area is 122 Å². The highest BCUT2D eigenvalue weighted by molar-refractivity contribution is 7.99. The van der Waals surface area contributed by atoms with Crippen LogP contribution in [0.15, 0.2) is 63.1 Å². The predicted octanol–water partition coefficient (Wildman–Crippen LogP) is 3.87. The van der Waals surface area contributed by atoms with E-state index < -0.39 is 0 Å². The number of aromatic nitrogens is 1. The maximum absolute atomic E-state index is 5.90. The Bertz CT molecular complexity index is 688. The number of hydrogen-bond acceptors (Lipinski definition) is 4. The van der Waals surface area contributed by atoms with E-state index >= 15 is 0 Å². The van der Waals surface area contributed by atoms with Gasteiger partial charge in [0.25, 0.3) is 5.22 Å². The number of fused-ring (bicyclic) bond motifs is 1. The van der Waals surface area contributed by atoms with E-state index in [4.69, 9.17) is 10.2 Å². The van der Waals surface area contributed by atoms with Crippen LogP contribution < -0.4 is 5.73 Å². The van der Waals surface area contributed by atoms with Crippen molar-refractivity contribution >= 4 is 22.9 Å². The van der Waals surface area contributed by atoms with Gasteiger partial charge in [-0.05, 0) is 48.9 Å². The number of hydrogen-bond donors (Lipinski definition) is 1. The van der Waals surface area contributed by atoms with Gasteiger partial charge in [0.1, 0.15) is 5.52 Å². The summed E-state index contributed by atoms with van der Waals surface area (Å²) in [5, 5.41) is 0.670. The Balaban J connectivity index is 1.90. The Kier molecular flexibility index (Phi) is 3.76. The van der Waals surface area contributed by atoms with Gasteiger partial charge in [-0.25, -0.2) is 4.98 Å². The predicted molar refractivity (Wildman–Crippen MR) is 81.9 cm³/mol. The molecule has 0 spiro atoms. The highest BCUT2D eigenvalue weighted by Crippen LogP contribution is 2.32. The first kappa shape index (κ1) is 13.2. The summed E-state index contributed by atoms with van der Waals surface area (Å²) in [4.78, 5) is 5.64. The van der Waals surface area contributed by atoms with Crippen molar-refractivity contribution in [2.45, 2.75) is 29.5 Å². The van der Waals surface area contributed by atoms with Crippen LogP contribution in [-0.4, -0.2) is 11.0 Å². The third-order valence-electron chi connectivity index (χ3n) is 2.99. The van der Waals surface area contributed by atoms with Crippen molar-refractivity contribution < 1.29 is 4.42 Å². The molecule has 3 rings (SSSR count). The van der Waals surface area contributed by atoms with Gasteiger partial charge in [-0.3, -0.25) is 0 Å². The molecule has 3 aromatic rings. The molecular weight excluding hydrogens is 268 g/mol. The molecule has 1 aromatic heterocycles. The fourth-order valence-electron chi connectivity index (χ4n) is 2.11. The van der Waals surface area contributed by atoms with Gasteiger partial charge < -0.3 is 10.2 Å². The molecule has 4 heteroatoms. The van der Waals surface area contributed by atoms with E-state index in [1.807, 2.05) is 43.3 Å². The lowest BCUT2D eigenvalue weighted by molar-refractivity contribution is 0.489. The fraction of sp³-hybridized carbons (Fsp3) is 0.188. The summed E-state index contributed by atoms with van der Waals surface area (Å²) in [6.07, 6.45) is 0.851. The summed E-state index contributed by atoms with van der Waals surface area (Å²) in [7, 11) is 0. The second kappa shape index (κ2) is 5.69. The van der Waals surface area contributed by atoms with Crippen LogP contribution in [0.1, 0.15) is 12.5 Å². The minimum absolute atomic E-state index is 0.139. The standard InChI is InChI=1S/C16H16N2OS/c1-11(17)10-12-6-2-5-9-15(12)20-16-18-13-7-3-4-8-14(13)19-16/h2-9,11H,10,17H2,1H3. The van der Waals surface area contributed by atoms with Gasteiger partial charge in [0.15, 0.2) is 5.58 Å². The highest BCUT2D eigenvalue weighted by atomic mass is 32.2. The molecular formula is C16H16N2OS. The zero-order valence-corrected chi connectivity index (χ0v) is 12.1. The maximum atomic E-state index is 5.90. The molecule has 0 aliphatic carbocycles. The Morgan fingerprint density at radius 1 is 1.15 bits per heavy atom. The van der Waals surface area contributed by atoms with Gasteiger partial charge in [0.2, 0.25) is 0 Å². The summed E-state index contributed by atoms with van der Waals surface area (Å²) < 4.78 is 5.75. The molecule has 3 nitrogen and oxygen atoms in total. The second-order valence-corrected chi connectivity index (χ2v) is 5.83. The van der Waals surface area contributed by atoms with Crippen LogP contribution in [0.5, 0.6) is 0 Å². The molecule has 0 radical (unpaired) electrons. The summed E-state index contributed by atoms with van der Waals surface area (Å²) in [6, 6.07) is 16.2. The molecule has 102 valence electrons. The van der Waals surface area contributed by atoms with Gasteiger partial charge in [0, 0.05) is 10.9 Å². The molecule has 1 heterocycles. The van der Waals surface area contributed by atoms with Crippen LogP contribution in [0, 0.1) is 0 Å². The molecule has 0 bridgehead atoms. The first-order valence-corrected chi connectivity index (χ1v) is 7.41. The van der Waals surface area contributed by atoms with E-state index in [2.05, 4.69) is 17.1 Å². The van der Waals surface area contributed by atoms with Crippen LogP contribution in [-0.2, 0) is 6.42 Å². The normalized spacial score (nSPS) is 12.7. The van der Waals surface area contributed by atoms with Crippen LogP contribution in [0.25, 0.3) is 11.1 Å². The second-order valence-electron chi connectivity index (χ2n) is 4.84. The third kappa shape index (κ3) is 2.86. The van der Waals surface area contributed by atoms with E-state index in [0.717, 1.165) is 22.4 Å². The minimum atomic E-state index is 0.139. The van der Waals surface area contributed by atoms with Crippen LogP contribution >= 0.6 is 11.8 Å². The van der Waals surface area contributed by atoms with Crippen LogP contribution in [0.2, 0.25) is 0 Å². The third-order valence-corrected chi connectivity index (χ3v) is 3.95. The quantitative estimate of drug-likeness (QED) is 0.790. The lowest BCUT2D eigenvalue weighted by Gasteiger charge is -2.09. The lowest BCUT2D eigenvalue weighted by Crippen LogP contribution is -2.18. The molecule has 20 heavy (non-hydrogen) atoms. The van der Waals surface area contributed by atoms with Crippen molar-refractivity contribution in [2.75, 3.05) is 0 Å². The molecule has 1 unspecified atom stereocenters. The van der Waals surface area contributed by atoms with Crippen molar-refractivity contribution in [3.05, 3.63) is 54.1 Å². The molecule has 2 aromatic carbocycles. The summed E-state index contributed by atoms with van der Waals surface area (Å²) in [5.41, 5.74) is 8.84. The molecule has 0 amide bonds. The topological polar surface area (TPSA) is 52.0 Å². The van der Waals surface area contributed by atoms with E-state index in [9.17, 15) is 0 Å². The number of rotatable bonds is 4. The molecule has 0 fully saturated rings. The summed E-state index contributed by atoms with van der Waals surface area (Å²) in [6.45, 7) is 2.01. The first-order valence-electron chi connectivity index (χ1n) is 6.59. The molecule has 1 atom stereocenters. The van der Waals surface area contributed by atoms with Crippen molar-refractivity contribution in [1.29, 1.82) is 0 Å². The number of benzene rings is 2. The van der Waals surface area contributed by atoms with Crippen LogP contribution in [0.3, 0.4) is 0 Å². The summed E-state index contributed by atoms with van der Waals surface area (Å²) >= 11 is 1.55. The molecule has 0 saturated carbocycles. The molecule has 0 aliphatic heterocycles. The largest absolute Gasteiger partial charge is 0.431 e. The van der Waals surface area contributed by atoms with E-state index in [-0.39, 0.29) is 6.04 Å². The van der Waals surface area contributed by atoms with Crippen molar-refractivity contribution in [2.24, 2.45) is 5.73 Å². The average molecular weight is 284 g/mol. The van der Waals surface area contributed by atoms with Crippen molar-refractivity contribution in [3.63, 3.8) is 0 Å². The van der Waals surface area contributed by atoms with Gasteiger partial charge in [-0.2, -0.15) is 0 Å². The highest BCUT2D eigenvalue weighted by Gasteiger charge is 2.10. The zero-order valence-electron chi connectivity index (χ0n) is 11.2. The zero-order chi connectivity index (χ0) is 13.9. The van der Waals surface area contributed by atoms with Crippen LogP contribution in [0.4, 0.5) is 0 Å².